The van der Waals surface area contributed by atoms with E-state index in [9.17, 15) is 4.79 Å². The number of carbonyl (C=O) groups excluding carboxylic acids is 1. The fraction of sp³-hybridized carbons (Fsp3) is 0.462. The summed E-state index contributed by atoms with van der Waals surface area (Å²) < 4.78 is 5.49. The molecule has 5 heteroatoms. The van der Waals surface area contributed by atoms with Crippen molar-refractivity contribution in [3.8, 4) is 0 Å². The number of benzene rings is 1. The van der Waals surface area contributed by atoms with Gasteiger partial charge in [0.25, 0.3) is 5.91 Å². The van der Waals surface area contributed by atoms with E-state index < -0.39 is 0 Å². The van der Waals surface area contributed by atoms with E-state index in [1.54, 1.807) is 17.0 Å². The van der Waals surface area contributed by atoms with Crippen molar-refractivity contribution < 1.29 is 9.53 Å². The molecule has 0 radical (unpaired) electrons. The molecule has 0 saturated carbocycles. The predicted molar refractivity (Wildman–Crippen MR) is 71.8 cm³/mol. The standard InChI is InChI=1S/C13H17ClN2O2/c14-10-3-1-4-11(7-10)16-8-12(5-2-6-15)18-9-13(16)17/h1,3-4,7,12H,2,5-6,8-9,15H2. The van der Waals surface area contributed by atoms with Gasteiger partial charge in [-0.1, -0.05) is 17.7 Å². The summed E-state index contributed by atoms with van der Waals surface area (Å²) in [7, 11) is 0. The molecule has 1 atom stereocenters. The van der Waals surface area contributed by atoms with E-state index >= 15 is 0 Å². The third-order valence-electron chi connectivity index (χ3n) is 2.98. The Labute approximate surface area is 112 Å². The minimum absolute atomic E-state index is 0.0266. The van der Waals surface area contributed by atoms with Crippen LogP contribution in [0.15, 0.2) is 24.3 Å². The number of hydrogen-bond donors (Lipinski definition) is 1. The van der Waals surface area contributed by atoms with Gasteiger partial charge in [-0.25, -0.2) is 0 Å². The Hall–Kier alpha value is -1.10. The van der Waals surface area contributed by atoms with Gasteiger partial charge in [0.05, 0.1) is 12.6 Å². The summed E-state index contributed by atoms with van der Waals surface area (Å²) in [5.74, 6) is -0.0266. The molecule has 0 aliphatic carbocycles. The molecule has 1 amide bonds. The lowest BCUT2D eigenvalue weighted by atomic mass is 10.1. The van der Waals surface area contributed by atoms with E-state index in [1.807, 2.05) is 12.1 Å². The van der Waals surface area contributed by atoms with Gasteiger partial charge in [-0.05, 0) is 37.6 Å². The largest absolute Gasteiger partial charge is 0.367 e. The number of nitrogens with two attached hydrogens (primary N) is 1. The highest BCUT2D eigenvalue weighted by Gasteiger charge is 2.26. The Balaban J connectivity index is 2.08. The maximum absolute atomic E-state index is 11.9. The molecule has 0 aromatic heterocycles. The molecule has 2 N–H and O–H groups in total. The average Bonchev–Trinajstić information content (AvgIpc) is 2.38. The van der Waals surface area contributed by atoms with E-state index in [4.69, 9.17) is 22.1 Å². The molecular weight excluding hydrogens is 252 g/mol. The lowest BCUT2D eigenvalue weighted by molar-refractivity contribution is -0.129. The first kappa shape index (κ1) is 13.3. The number of anilines is 1. The van der Waals surface area contributed by atoms with E-state index in [1.165, 1.54) is 0 Å². The summed E-state index contributed by atoms with van der Waals surface area (Å²) in [6.45, 7) is 1.34. The van der Waals surface area contributed by atoms with Crippen molar-refractivity contribution in [3.05, 3.63) is 29.3 Å². The maximum Gasteiger partial charge on any atom is 0.253 e. The fourth-order valence-corrected chi connectivity index (χ4v) is 2.22. The Morgan fingerprint density at radius 2 is 2.33 bits per heavy atom. The zero-order valence-corrected chi connectivity index (χ0v) is 10.9. The number of amides is 1. The number of morpholine rings is 1. The Morgan fingerprint density at radius 3 is 3.06 bits per heavy atom. The second-order valence-electron chi connectivity index (χ2n) is 4.35. The first-order chi connectivity index (χ1) is 8.70. The van der Waals surface area contributed by atoms with Crippen molar-refractivity contribution in [2.45, 2.75) is 18.9 Å². The minimum Gasteiger partial charge on any atom is -0.367 e. The molecule has 18 heavy (non-hydrogen) atoms. The Morgan fingerprint density at radius 1 is 1.50 bits per heavy atom. The molecule has 4 nitrogen and oxygen atoms in total. The summed E-state index contributed by atoms with van der Waals surface area (Å²) in [5, 5.41) is 0.630. The van der Waals surface area contributed by atoms with Crippen molar-refractivity contribution >= 4 is 23.2 Å². The lowest BCUT2D eigenvalue weighted by Crippen LogP contribution is -2.46. The molecule has 0 spiro atoms. The van der Waals surface area contributed by atoms with Gasteiger partial charge in [0.1, 0.15) is 6.61 Å². The van der Waals surface area contributed by atoms with Crippen molar-refractivity contribution in [1.29, 1.82) is 0 Å². The summed E-state index contributed by atoms with van der Waals surface area (Å²) in [6, 6.07) is 7.32. The van der Waals surface area contributed by atoms with Crippen LogP contribution >= 0.6 is 11.6 Å². The number of ether oxygens (including phenoxy) is 1. The molecule has 1 aromatic carbocycles. The number of halogens is 1. The third-order valence-corrected chi connectivity index (χ3v) is 3.21. The smallest absolute Gasteiger partial charge is 0.253 e. The lowest BCUT2D eigenvalue weighted by Gasteiger charge is -2.32. The molecule has 1 saturated heterocycles. The molecule has 1 aliphatic rings. The van der Waals surface area contributed by atoms with E-state index in [0.29, 0.717) is 18.1 Å². The highest BCUT2D eigenvalue weighted by molar-refractivity contribution is 6.30. The molecule has 0 bridgehead atoms. The summed E-state index contributed by atoms with van der Waals surface area (Å²) in [6.07, 6.45) is 1.84. The van der Waals surface area contributed by atoms with Gasteiger partial charge in [0.15, 0.2) is 0 Å². The predicted octanol–water partition coefficient (Wildman–Crippen LogP) is 1.81. The molecule has 1 aromatic rings. The number of carbonyl (C=O) groups is 1. The third kappa shape index (κ3) is 3.22. The van der Waals surface area contributed by atoms with Crippen LogP contribution in [-0.4, -0.2) is 31.7 Å². The first-order valence-corrected chi connectivity index (χ1v) is 6.46. The van der Waals surface area contributed by atoms with Gasteiger partial charge in [0.2, 0.25) is 0 Å². The molecule has 1 unspecified atom stereocenters. The molecule has 1 heterocycles. The maximum atomic E-state index is 11.9. The van der Waals surface area contributed by atoms with Crippen LogP contribution in [0.3, 0.4) is 0 Å². The quantitative estimate of drug-likeness (QED) is 0.906. The molecule has 98 valence electrons. The molecule has 1 aliphatic heterocycles. The summed E-state index contributed by atoms with van der Waals surface area (Å²) in [5.41, 5.74) is 6.31. The minimum atomic E-state index is -0.0266. The van der Waals surface area contributed by atoms with Gasteiger partial charge in [-0.3, -0.25) is 4.79 Å². The van der Waals surface area contributed by atoms with Crippen molar-refractivity contribution in [2.24, 2.45) is 5.73 Å². The van der Waals surface area contributed by atoms with Crippen LogP contribution in [0.4, 0.5) is 5.69 Å². The molecule has 1 fully saturated rings. The highest BCUT2D eigenvalue weighted by Crippen LogP contribution is 2.23. The number of nitrogens with zero attached hydrogens (tertiary/aromatic N) is 1. The Kier molecular flexibility index (Phi) is 4.58. The van der Waals surface area contributed by atoms with Gasteiger partial charge < -0.3 is 15.4 Å². The van der Waals surface area contributed by atoms with Gasteiger partial charge >= 0.3 is 0 Å². The molecular formula is C13H17ClN2O2. The SMILES string of the molecule is NCCCC1CN(c2cccc(Cl)c2)C(=O)CO1. The van der Waals surface area contributed by atoms with E-state index in [2.05, 4.69) is 0 Å². The van der Waals surface area contributed by atoms with Crippen LogP contribution in [0, 0.1) is 0 Å². The van der Waals surface area contributed by atoms with Gasteiger partial charge in [-0.15, -0.1) is 0 Å². The Bertz CT molecular complexity index is 425. The first-order valence-electron chi connectivity index (χ1n) is 6.08. The monoisotopic (exact) mass is 268 g/mol. The fourth-order valence-electron chi connectivity index (χ4n) is 2.04. The van der Waals surface area contributed by atoms with E-state index in [0.717, 1.165) is 18.5 Å². The second kappa shape index (κ2) is 6.18. The van der Waals surface area contributed by atoms with E-state index in [-0.39, 0.29) is 18.6 Å². The zero-order valence-electron chi connectivity index (χ0n) is 10.1. The van der Waals surface area contributed by atoms with Gasteiger partial charge in [-0.2, -0.15) is 0 Å². The summed E-state index contributed by atoms with van der Waals surface area (Å²) in [4.78, 5) is 13.6. The second-order valence-corrected chi connectivity index (χ2v) is 4.78. The van der Waals surface area contributed by atoms with Crippen LogP contribution in [0.2, 0.25) is 5.02 Å². The van der Waals surface area contributed by atoms with Crippen molar-refractivity contribution in [1.82, 2.24) is 0 Å². The summed E-state index contributed by atoms with van der Waals surface area (Å²) >= 11 is 5.95. The normalized spacial score (nSPS) is 20.2. The van der Waals surface area contributed by atoms with Crippen LogP contribution in [0.25, 0.3) is 0 Å². The number of hydrogen-bond acceptors (Lipinski definition) is 3. The van der Waals surface area contributed by atoms with Crippen LogP contribution < -0.4 is 10.6 Å². The molecule has 2 rings (SSSR count). The van der Waals surface area contributed by atoms with Crippen LogP contribution in [0.5, 0.6) is 0 Å². The average molecular weight is 269 g/mol. The van der Waals surface area contributed by atoms with Gasteiger partial charge in [0, 0.05) is 10.7 Å². The number of rotatable bonds is 4. The highest BCUT2D eigenvalue weighted by atomic mass is 35.5. The zero-order chi connectivity index (χ0) is 13.0. The topological polar surface area (TPSA) is 55.6 Å². The van der Waals surface area contributed by atoms with Crippen LogP contribution in [0.1, 0.15) is 12.8 Å². The van der Waals surface area contributed by atoms with Crippen molar-refractivity contribution in [2.75, 3.05) is 24.6 Å². The van der Waals surface area contributed by atoms with Crippen LogP contribution in [-0.2, 0) is 9.53 Å². The van der Waals surface area contributed by atoms with Crippen molar-refractivity contribution in [3.63, 3.8) is 0 Å².